The number of para-hydroxylation sites is 1. The molecule has 1 aromatic heterocycles. The molecule has 0 saturated heterocycles. The zero-order chi connectivity index (χ0) is 18.1. The van der Waals surface area contributed by atoms with E-state index in [0.717, 1.165) is 24.1 Å². The molecule has 0 bridgehead atoms. The fourth-order valence-electron chi connectivity index (χ4n) is 2.85. The number of thioether (sulfide) groups is 1. The molecule has 1 amide bonds. The number of fused-ring (bicyclic) bond motifs is 1. The van der Waals surface area contributed by atoms with Gasteiger partial charge in [-0.2, -0.15) is 0 Å². The zero-order valence-corrected chi connectivity index (χ0v) is 15.3. The average Bonchev–Trinajstić information content (AvgIpc) is 3.47. The van der Waals surface area contributed by atoms with Crippen molar-refractivity contribution in [1.82, 2.24) is 9.55 Å². The van der Waals surface area contributed by atoms with Crippen LogP contribution in [0.2, 0.25) is 0 Å². The minimum atomic E-state index is -0.108. The number of hydrogen-bond donors (Lipinski definition) is 1. The van der Waals surface area contributed by atoms with Gasteiger partial charge in [0.2, 0.25) is 5.91 Å². The summed E-state index contributed by atoms with van der Waals surface area (Å²) in [6, 6.07) is 15.3. The van der Waals surface area contributed by atoms with Gasteiger partial charge in [0.1, 0.15) is 0 Å². The van der Waals surface area contributed by atoms with E-state index in [1.54, 1.807) is 4.57 Å². The van der Waals surface area contributed by atoms with Gasteiger partial charge in [-0.05, 0) is 44.0 Å². The van der Waals surface area contributed by atoms with E-state index < -0.39 is 0 Å². The second kappa shape index (κ2) is 6.96. The van der Waals surface area contributed by atoms with E-state index in [0.29, 0.717) is 16.1 Å². The number of hydrogen-bond acceptors (Lipinski definition) is 4. The molecule has 0 aliphatic heterocycles. The number of anilines is 1. The van der Waals surface area contributed by atoms with Crippen molar-refractivity contribution in [1.29, 1.82) is 0 Å². The molecular formula is C20H19N3O2S. The molecule has 4 rings (SSSR count). The summed E-state index contributed by atoms with van der Waals surface area (Å²) in [5.74, 6) is 0.106. The molecule has 1 saturated carbocycles. The number of nitrogens with one attached hydrogen (secondary N) is 1. The van der Waals surface area contributed by atoms with Crippen LogP contribution in [-0.2, 0) is 4.79 Å². The molecule has 3 aromatic rings. The van der Waals surface area contributed by atoms with Gasteiger partial charge in [0.05, 0.1) is 16.7 Å². The first kappa shape index (κ1) is 16.8. The summed E-state index contributed by atoms with van der Waals surface area (Å²) in [4.78, 5) is 29.7. The Hall–Kier alpha value is -2.60. The number of aryl methyl sites for hydroxylation is 1. The fourth-order valence-corrected chi connectivity index (χ4v) is 3.71. The number of amides is 1. The van der Waals surface area contributed by atoms with E-state index in [9.17, 15) is 9.59 Å². The first-order valence-electron chi connectivity index (χ1n) is 8.62. The predicted octanol–water partition coefficient (Wildman–Crippen LogP) is 3.77. The summed E-state index contributed by atoms with van der Waals surface area (Å²) >= 11 is 1.31. The van der Waals surface area contributed by atoms with Gasteiger partial charge in [-0.1, -0.05) is 41.6 Å². The zero-order valence-electron chi connectivity index (χ0n) is 14.4. The highest BCUT2D eigenvalue weighted by Gasteiger charge is 2.28. The van der Waals surface area contributed by atoms with Crippen molar-refractivity contribution in [3.63, 3.8) is 0 Å². The molecule has 1 N–H and O–H groups in total. The Kier molecular flexibility index (Phi) is 4.51. The number of benzene rings is 2. The summed E-state index contributed by atoms with van der Waals surface area (Å²) in [7, 11) is 0. The molecule has 0 radical (unpaired) electrons. The maximum absolute atomic E-state index is 12.8. The summed E-state index contributed by atoms with van der Waals surface area (Å²) < 4.78 is 1.76. The molecule has 2 aromatic carbocycles. The Morgan fingerprint density at radius 2 is 1.92 bits per heavy atom. The van der Waals surface area contributed by atoms with Crippen molar-refractivity contribution in [2.24, 2.45) is 0 Å². The molecule has 1 aliphatic carbocycles. The molecule has 132 valence electrons. The van der Waals surface area contributed by atoms with Gasteiger partial charge in [-0.25, -0.2) is 4.98 Å². The topological polar surface area (TPSA) is 64.0 Å². The van der Waals surface area contributed by atoms with Crippen LogP contribution in [0.25, 0.3) is 10.9 Å². The minimum absolute atomic E-state index is 0.0143. The molecule has 0 atom stereocenters. The van der Waals surface area contributed by atoms with Crippen LogP contribution >= 0.6 is 11.8 Å². The van der Waals surface area contributed by atoms with Crippen LogP contribution in [0.4, 0.5) is 5.69 Å². The second-order valence-electron chi connectivity index (χ2n) is 6.52. The Morgan fingerprint density at radius 3 is 2.65 bits per heavy atom. The molecule has 1 heterocycles. The highest BCUT2D eigenvalue weighted by Crippen LogP contribution is 2.36. The van der Waals surface area contributed by atoms with Gasteiger partial charge in [0.15, 0.2) is 5.16 Å². The number of carbonyl (C=O) groups excluding carboxylic acids is 1. The fraction of sp³-hybridized carbons (Fsp3) is 0.250. The van der Waals surface area contributed by atoms with E-state index in [1.807, 2.05) is 55.5 Å². The maximum Gasteiger partial charge on any atom is 0.262 e. The number of carbonyl (C=O) groups is 1. The van der Waals surface area contributed by atoms with Crippen molar-refractivity contribution >= 4 is 34.3 Å². The molecular weight excluding hydrogens is 346 g/mol. The van der Waals surface area contributed by atoms with Crippen molar-refractivity contribution in [2.75, 3.05) is 11.1 Å². The molecule has 1 aliphatic rings. The van der Waals surface area contributed by atoms with Gasteiger partial charge in [0.25, 0.3) is 5.56 Å². The van der Waals surface area contributed by atoms with Crippen LogP contribution in [0.5, 0.6) is 0 Å². The lowest BCUT2D eigenvalue weighted by atomic mass is 10.2. The van der Waals surface area contributed by atoms with Crippen LogP contribution in [0, 0.1) is 6.92 Å². The van der Waals surface area contributed by atoms with Crippen molar-refractivity contribution in [3.8, 4) is 0 Å². The second-order valence-corrected chi connectivity index (χ2v) is 7.46. The molecule has 6 heteroatoms. The molecule has 26 heavy (non-hydrogen) atoms. The number of rotatable bonds is 5. The lowest BCUT2D eigenvalue weighted by molar-refractivity contribution is -0.113. The molecule has 1 fully saturated rings. The monoisotopic (exact) mass is 365 g/mol. The highest BCUT2D eigenvalue weighted by molar-refractivity contribution is 7.99. The third-order valence-corrected chi connectivity index (χ3v) is 5.31. The minimum Gasteiger partial charge on any atom is -0.325 e. The van der Waals surface area contributed by atoms with Crippen LogP contribution < -0.4 is 10.9 Å². The number of aromatic nitrogens is 2. The summed E-state index contributed by atoms with van der Waals surface area (Å²) in [5.41, 5.74) is 2.58. The predicted molar refractivity (Wildman–Crippen MR) is 105 cm³/mol. The van der Waals surface area contributed by atoms with Crippen molar-refractivity contribution in [2.45, 2.75) is 31.0 Å². The summed E-state index contributed by atoms with van der Waals surface area (Å²) in [6.07, 6.45) is 1.98. The highest BCUT2D eigenvalue weighted by atomic mass is 32.2. The molecule has 0 unspecified atom stereocenters. The van der Waals surface area contributed by atoms with Gasteiger partial charge in [-0.3, -0.25) is 14.2 Å². The third-order valence-electron chi connectivity index (χ3n) is 4.36. The Balaban J connectivity index is 1.55. The normalized spacial score (nSPS) is 13.7. The van der Waals surface area contributed by atoms with Crippen molar-refractivity contribution < 1.29 is 4.79 Å². The standard InChI is InChI=1S/C20H19N3O2S/c1-13-6-8-14(9-7-13)21-18(24)12-26-20-22-17-5-3-2-4-16(17)19(25)23(20)15-10-11-15/h2-9,15H,10-12H2,1H3,(H,21,24). The van der Waals surface area contributed by atoms with Crippen LogP contribution in [-0.4, -0.2) is 21.2 Å². The number of nitrogens with zero attached hydrogens (tertiary/aromatic N) is 2. The molecule has 5 nitrogen and oxygen atoms in total. The van der Waals surface area contributed by atoms with Gasteiger partial charge in [-0.15, -0.1) is 0 Å². The lowest BCUT2D eigenvalue weighted by Gasteiger charge is -2.12. The van der Waals surface area contributed by atoms with E-state index in [4.69, 9.17) is 0 Å². The van der Waals surface area contributed by atoms with Crippen molar-refractivity contribution in [3.05, 3.63) is 64.4 Å². The van der Waals surface area contributed by atoms with E-state index in [1.165, 1.54) is 11.8 Å². The Bertz CT molecular complexity index is 1020. The maximum atomic E-state index is 12.8. The van der Waals surface area contributed by atoms with Crippen LogP contribution in [0.1, 0.15) is 24.4 Å². The first-order chi connectivity index (χ1) is 12.6. The van der Waals surface area contributed by atoms with E-state index >= 15 is 0 Å². The van der Waals surface area contributed by atoms with Crippen LogP contribution in [0.3, 0.4) is 0 Å². The average molecular weight is 365 g/mol. The summed E-state index contributed by atoms with van der Waals surface area (Å²) in [5, 5.41) is 4.13. The van der Waals surface area contributed by atoms with Crippen LogP contribution in [0.15, 0.2) is 58.5 Å². The Labute approximate surface area is 155 Å². The first-order valence-corrected chi connectivity index (χ1v) is 9.61. The Morgan fingerprint density at radius 1 is 1.19 bits per heavy atom. The van der Waals surface area contributed by atoms with Gasteiger partial charge >= 0.3 is 0 Å². The molecule has 0 spiro atoms. The quantitative estimate of drug-likeness (QED) is 0.552. The SMILES string of the molecule is Cc1ccc(NC(=O)CSc2nc3ccccc3c(=O)n2C2CC2)cc1. The largest absolute Gasteiger partial charge is 0.325 e. The van der Waals surface area contributed by atoms with E-state index in [-0.39, 0.29) is 23.3 Å². The third kappa shape index (κ3) is 3.51. The van der Waals surface area contributed by atoms with Gasteiger partial charge < -0.3 is 5.32 Å². The van der Waals surface area contributed by atoms with E-state index in [2.05, 4.69) is 10.3 Å². The summed E-state index contributed by atoms with van der Waals surface area (Å²) in [6.45, 7) is 2.00. The van der Waals surface area contributed by atoms with Gasteiger partial charge in [0, 0.05) is 11.7 Å². The lowest BCUT2D eigenvalue weighted by Crippen LogP contribution is -2.23. The smallest absolute Gasteiger partial charge is 0.262 e.